The molecule has 3 rings (SSSR count). The molecule has 1 heterocycles. The molecule has 124 valence electrons. The van der Waals surface area contributed by atoms with E-state index in [4.69, 9.17) is 23.2 Å². The third-order valence-electron chi connectivity index (χ3n) is 3.07. The van der Waals surface area contributed by atoms with Crippen LogP contribution in [0.3, 0.4) is 0 Å². The Morgan fingerprint density at radius 3 is 2.54 bits per heavy atom. The van der Waals surface area contributed by atoms with Gasteiger partial charge < -0.3 is 0 Å². The van der Waals surface area contributed by atoms with Crippen molar-refractivity contribution in [1.29, 1.82) is 0 Å². The van der Waals surface area contributed by atoms with Gasteiger partial charge in [0.1, 0.15) is 9.90 Å². The maximum absolute atomic E-state index is 12.4. The Bertz CT molecular complexity index is 960. The summed E-state index contributed by atoms with van der Waals surface area (Å²) < 4.78 is 27.2. The third-order valence-corrected chi connectivity index (χ3v) is 6.09. The molecule has 0 unspecified atom stereocenters. The Labute approximate surface area is 153 Å². The fourth-order valence-corrected chi connectivity index (χ4v) is 4.76. The van der Waals surface area contributed by atoms with Gasteiger partial charge in [0.05, 0.1) is 5.02 Å². The van der Waals surface area contributed by atoms with Crippen molar-refractivity contribution < 1.29 is 8.42 Å². The average molecular weight is 400 g/mol. The first-order valence-electron chi connectivity index (χ1n) is 6.78. The molecular weight excluding hydrogens is 389 g/mol. The largest absolute Gasteiger partial charge is 0.265 e. The summed E-state index contributed by atoms with van der Waals surface area (Å²) in [4.78, 5) is -0.100. The van der Waals surface area contributed by atoms with Crippen LogP contribution in [0.4, 0.5) is 5.13 Å². The molecule has 0 aliphatic carbocycles. The topological polar surface area (TPSA) is 72.0 Å². The summed E-state index contributed by atoms with van der Waals surface area (Å²) in [7, 11) is -3.88. The zero-order chi connectivity index (χ0) is 17.2. The number of aromatic nitrogens is 2. The monoisotopic (exact) mass is 399 g/mol. The van der Waals surface area contributed by atoms with Gasteiger partial charge in [0, 0.05) is 11.4 Å². The van der Waals surface area contributed by atoms with E-state index in [1.807, 2.05) is 30.3 Å². The van der Waals surface area contributed by atoms with Crippen LogP contribution < -0.4 is 4.72 Å². The molecule has 0 aliphatic heterocycles. The van der Waals surface area contributed by atoms with Gasteiger partial charge in [-0.05, 0) is 23.8 Å². The number of hydrogen-bond donors (Lipinski definition) is 1. The van der Waals surface area contributed by atoms with E-state index in [1.54, 1.807) is 0 Å². The van der Waals surface area contributed by atoms with Gasteiger partial charge in [-0.15, -0.1) is 10.2 Å². The first-order valence-corrected chi connectivity index (χ1v) is 9.84. The summed E-state index contributed by atoms with van der Waals surface area (Å²) in [5.74, 6) is 0. The summed E-state index contributed by atoms with van der Waals surface area (Å²) in [6.45, 7) is 0. The lowest BCUT2D eigenvalue weighted by atomic mass is 10.2. The zero-order valence-corrected chi connectivity index (χ0v) is 15.3. The lowest BCUT2D eigenvalue weighted by Crippen LogP contribution is -2.13. The second kappa shape index (κ2) is 7.06. The van der Waals surface area contributed by atoms with Gasteiger partial charge in [-0.2, -0.15) is 0 Å². The second-order valence-electron chi connectivity index (χ2n) is 4.84. The Morgan fingerprint density at radius 2 is 1.79 bits per heavy atom. The van der Waals surface area contributed by atoms with Gasteiger partial charge in [-0.1, -0.05) is 64.9 Å². The Kier molecular flexibility index (Phi) is 5.05. The van der Waals surface area contributed by atoms with Gasteiger partial charge in [-0.3, -0.25) is 4.72 Å². The van der Waals surface area contributed by atoms with Crippen LogP contribution in [0.5, 0.6) is 0 Å². The van der Waals surface area contributed by atoms with E-state index in [9.17, 15) is 8.42 Å². The molecule has 0 saturated heterocycles. The van der Waals surface area contributed by atoms with E-state index in [1.165, 1.54) is 29.5 Å². The van der Waals surface area contributed by atoms with E-state index in [0.29, 0.717) is 11.4 Å². The molecule has 0 amide bonds. The van der Waals surface area contributed by atoms with Crippen LogP contribution in [0, 0.1) is 0 Å². The minimum absolute atomic E-state index is 0.0842. The van der Waals surface area contributed by atoms with Crippen LogP contribution in [-0.4, -0.2) is 18.6 Å². The number of rotatable bonds is 5. The minimum atomic E-state index is -3.88. The fourth-order valence-electron chi connectivity index (χ4n) is 1.99. The maximum atomic E-state index is 12.4. The Morgan fingerprint density at radius 1 is 1.04 bits per heavy atom. The fraction of sp³-hybridized carbons (Fsp3) is 0.0667. The van der Waals surface area contributed by atoms with Gasteiger partial charge in [0.2, 0.25) is 5.13 Å². The van der Waals surface area contributed by atoms with E-state index in [-0.39, 0.29) is 20.1 Å². The molecule has 0 aliphatic rings. The molecule has 9 heteroatoms. The molecule has 2 aromatic carbocycles. The molecule has 0 fully saturated rings. The number of sulfonamides is 1. The minimum Gasteiger partial charge on any atom is -0.253 e. The highest BCUT2D eigenvalue weighted by atomic mass is 35.5. The van der Waals surface area contributed by atoms with Crippen LogP contribution in [0.25, 0.3) is 0 Å². The van der Waals surface area contributed by atoms with Crippen molar-refractivity contribution in [2.45, 2.75) is 11.3 Å². The van der Waals surface area contributed by atoms with E-state index in [2.05, 4.69) is 14.9 Å². The number of anilines is 1. The smallest absolute Gasteiger partial charge is 0.253 e. The van der Waals surface area contributed by atoms with Crippen LogP contribution in [0.15, 0.2) is 53.4 Å². The summed E-state index contributed by atoms with van der Waals surface area (Å²) in [5.41, 5.74) is 1.07. The average Bonchev–Trinajstić information content (AvgIpc) is 2.97. The van der Waals surface area contributed by atoms with Gasteiger partial charge >= 0.3 is 0 Å². The summed E-state index contributed by atoms with van der Waals surface area (Å²) in [5, 5.41) is 9.14. The zero-order valence-electron chi connectivity index (χ0n) is 12.1. The molecule has 24 heavy (non-hydrogen) atoms. The predicted octanol–water partition coefficient (Wildman–Crippen LogP) is 4.24. The molecule has 0 bridgehead atoms. The molecule has 0 spiro atoms. The molecule has 0 radical (unpaired) electrons. The molecule has 1 aromatic heterocycles. The van der Waals surface area contributed by atoms with Crippen molar-refractivity contribution in [3.05, 3.63) is 69.1 Å². The van der Waals surface area contributed by atoms with Crippen molar-refractivity contribution in [2.24, 2.45) is 0 Å². The summed E-state index contributed by atoms with van der Waals surface area (Å²) in [6, 6.07) is 14.0. The van der Waals surface area contributed by atoms with Crippen LogP contribution >= 0.6 is 34.5 Å². The number of hydrogen-bond acceptors (Lipinski definition) is 5. The Balaban J connectivity index is 1.80. The quantitative estimate of drug-likeness (QED) is 0.696. The standard InChI is InChI=1S/C15H11Cl2N3O2S2/c16-11-6-7-12(17)13(9-11)24(21,22)20-15-19-18-14(23-15)8-10-4-2-1-3-5-10/h1-7,9H,8H2,(H,19,20). The first-order chi connectivity index (χ1) is 11.4. The molecule has 1 N–H and O–H groups in total. The van der Waals surface area contributed by atoms with Gasteiger partial charge in [0.25, 0.3) is 10.0 Å². The number of benzene rings is 2. The molecule has 5 nitrogen and oxygen atoms in total. The van der Waals surface area contributed by atoms with Crippen molar-refractivity contribution in [1.82, 2.24) is 10.2 Å². The normalized spacial score (nSPS) is 11.4. The van der Waals surface area contributed by atoms with Crippen LogP contribution in [-0.2, 0) is 16.4 Å². The van der Waals surface area contributed by atoms with Crippen LogP contribution in [0.2, 0.25) is 10.0 Å². The Hall–Kier alpha value is -1.67. The van der Waals surface area contributed by atoms with E-state index >= 15 is 0 Å². The third kappa shape index (κ3) is 4.05. The number of nitrogens with one attached hydrogen (secondary N) is 1. The van der Waals surface area contributed by atoms with E-state index in [0.717, 1.165) is 5.56 Å². The lowest BCUT2D eigenvalue weighted by molar-refractivity contribution is 0.601. The predicted molar refractivity (Wildman–Crippen MR) is 96.4 cm³/mol. The molecular formula is C15H11Cl2N3O2S2. The van der Waals surface area contributed by atoms with Crippen LogP contribution in [0.1, 0.15) is 10.6 Å². The molecule has 0 atom stereocenters. The highest BCUT2D eigenvalue weighted by Gasteiger charge is 2.20. The van der Waals surface area contributed by atoms with Crippen molar-refractivity contribution in [2.75, 3.05) is 4.72 Å². The van der Waals surface area contributed by atoms with E-state index < -0.39 is 10.0 Å². The van der Waals surface area contributed by atoms with Crippen molar-refractivity contribution in [3.8, 4) is 0 Å². The SMILES string of the molecule is O=S(=O)(Nc1nnc(Cc2ccccc2)s1)c1cc(Cl)ccc1Cl. The molecule has 3 aromatic rings. The first kappa shape index (κ1) is 17.2. The number of nitrogens with zero attached hydrogens (tertiary/aromatic N) is 2. The van der Waals surface area contributed by atoms with Gasteiger partial charge in [-0.25, -0.2) is 8.42 Å². The second-order valence-corrected chi connectivity index (χ2v) is 8.40. The molecule has 0 saturated carbocycles. The highest BCUT2D eigenvalue weighted by Crippen LogP contribution is 2.28. The van der Waals surface area contributed by atoms with Crippen molar-refractivity contribution in [3.63, 3.8) is 0 Å². The maximum Gasteiger partial charge on any atom is 0.265 e. The van der Waals surface area contributed by atoms with Crippen molar-refractivity contribution >= 4 is 49.7 Å². The summed E-state index contributed by atoms with van der Waals surface area (Å²) >= 11 is 13.0. The highest BCUT2D eigenvalue weighted by molar-refractivity contribution is 7.93. The lowest BCUT2D eigenvalue weighted by Gasteiger charge is -2.06. The number of halogens is 2. The summed E-state index contributed by atoms with van der Waals surface area (Å²) in [6.07, 6.45) is 0.582. The van der Waals surface area contributed by atoms with Gasteiger partial charge in [0.15, 0.2) is 0 Å².